The molecule has 0 fully saturated rings. The molecule has 25 heavy (non-hydrogen) atoms. The summed E-state index contributed by atoms with van der Waals surface area (Å²) in [7, 11) is 0. The van der Waals surface area contributed by atoms with Gasteiger partial charge in [0, 0.05) is 5.56 Å². The number of Topliss-reactive ketones (excluding diaryl/α,β-unsaturated/α-hetero) is 1. The molecule has 1 heterocycles. The van der Waals surface area contributed by atoms with Gasteiger partial charge in [-0.3, -0.25) is 9.59 Å². The Balaban J connectivity index is 1.60. The first kappa shape index (κ1) is 17.0. The molecule has 0 spiro atoms. The lowest BCUT2D eigenvalue weighted by molar-refractivity contribution is -0.145. The summed E-state index contributed by atoms with van der Waals surface area (Å²) in [5.41, 5.74) is 0.997. The standard InChI is InChI=1S/C19H17FO5/c1-12(19(22)14-3-5-15(20)6-4-14)25-18(21)11-13-2-7-16-17(10-13)24-9-8-23-16/h2-7,10,12H,8-9,11H2,1H3/t12-/m0/s1. The van der Waals surface area contributed by atoms with Gasteiger partial charge in [0.05, 0.1) is 6.42 Å². The summed E-state index contributed by atoms with van der Waals surface area (Å²) in [6.45, 7) is 2.45. The minimum Gasteiger partial charge on any atom is -0.486 e. The lowest BCUT2D eigenvalue weighted by Crippen LogP contribution is -2.25. The maximum Gasteiger partial charge on any atom is 0.310 e. The quantitative estimate of drug-likeness (QED) is 0.616. The first-order chi connectivity index (χ1) is 12.0. The number of esters is 1. The van der Waals surface area contributed by atoms with Gasteiger partial charge < -0.3 is 14.2 Å². The zero-order chi connectivity index (χ0) is 17.8. The maximum absolute atomic E-state index is 12.9. The lowest BCUT2D eigenvalue weighted by atomic mass is 10.1. The summed E-state index contributed by atoms with van der Waals surface area (Å²) in [6, 6.07) is 10.3. The monoisotopic (exact) mass is 344 g/mol. The molecule has 1 aliphatic rings. The molecule has 1 atom stereocenters. The average molecular weight is 344 g/mol. The van der Waals surface area contributed by atoms with Gasteiger partial charge in [0.1, 0.15) is 19.0 Å². The van der Waals surface area contributed by atoms with Crippen LogP contribution in [0.1, 0.15) is 22.8 Å². The van der Waals surface area contributed by atoms with E-state index >= 15 is 0 Å². The van der Waals surface area contributed by atoms with Crippen LogP contribution in [-0.2, 0) is 16.0 Å². The summed E-state index contributed by atoms with van der Waals surface area (Å²) in [4.78, 5) is 24.3. The molecule has 130 valence electrons. The zero-order valence-electron chi connectivity index (χ0n) is 13.7. The van der Waals surface area contributed by atoms with Crippen molar-refractivity contribution in [2.75, 3.05) is 13.2 Å². The van der Waals surface area contributed by atoms with Crippen molar-refractivity contribution >= 4 is 11.8 Å². The first-order valence-corrected chi connectivity index (χ1v) is 7.91. The van der Waals surface area contributed by atoms with Gasteiger partial charge in [-0.2, -0.15) is 0 Å². The lowest BCUT2D eigenvalue weighted by Gasteiger charge is -2.19. The second kappa shape index (κ2) is 7.34. The zero-order valence-corrected chi connectivity index (χ0v) is 13.7. The van der Waals surface area contributed by atoms with Gasteiger partial charge in [-0.25, -0.2) is 4.39 Å². The molecule has 2 aromatic carbocycles. The first-order valence-electron chi connectivity index (χ1n) is 7.91. The molecule has 6 heteroatoms. The van der Waals surface area contributed by atoms with Crippen molar-refractivity contribution in [3.8, 4) is 11.5 Å². The molecule has 0 amide bonds. The Bertz CT molecular complexity index is 785. The predicted octanol–water partition coefficient (Wildman–Crippen LogP) is 2.95. The highest BCUT2D eigenvalue weighted by Crippen LogP contribution is 2.30. The predicted molar refractivity (Wildman–Crippen MR) is 87.4 cm³/mol. The normalized spacial score (nSPS) is 13.8. The van der Waals surface area contributed by atoms with E-state index in [1.54, 1.807) is 18.2 Å². The van der Waals surface area contributed by atoms with Crippen molar-refractivity contribution in [1.82, 2.24) is 0 Å². The molecule has 0 radical (unpaired) electrons. The Hall–Kier alpha value is -2.89. The van der Waals surface area contributed by atoms with Gasteiger partial charge in [-0.05, 0) is 48.9 Å². The molecule has 3 rings (SSSR count). The van der Waals surface area contributed by atoms with E-state index in [9.17, 15) is 14.0 Å². The third-order valence-corrected chi connectivity index (χ3v) is 3.76. The number of hydrogen-bond acceptors (Lipinski definition) is 5. The van der Waals surface area contributed by atoms with Crippen LogP contribution in [0.25, 0.3) is 0 Å². The van der Waals surface area contributed by atoms with E-state index in [0.29, 0.717) is 35.8 Å². The third kappa shape index (κ3) is 4.15. The summed E-state index contributed by atoms with van der Waals surface area (Å²) in [5.74, 6) is -0.106. The molecule has 0 aliphatic carbocycles. The Labute approximate surface area is 144 Å². The summed E-state index contributed by atoms with van der Waals surface area (Å²) in [5, 5.41) is 0. The van der Waals surface area contributed by atoms with E-state index in [4.69, 9.17) is 14.2 Å². The van der Waals surface area contributed by atoms with Crippen LogP contribution in [0.5, 0.6) is 11.5 Å². The summed E-state index contributed by atoms with van der Waals surface area (Å²) in [6.07, 6.45) is -0.937. The fraction of sp³-hybridized carbons (Fsp3) is 0.263. The van der Waals surface area contributed by atoms with Crippen LogP contribution in [0.4, 0.5) is 4.39 Å². The van der Waals surface area contributed by atoms with E-state index in [1.165, 1.54) is 31.2 Å². The van der Waals surface area contributed by atoms with Crippen molar-refractivity contribution in [3.05, 3.63) is 59.4 Å². The molecule has 2 aromatic rings. The van der Waals surface area contributed by atoms with Gasteiger partial charge in [0.15, 0.2) is 17.6 Å². The topological polar surface area (TPSA) is 61.8 Å². The minimum absolute atomic E-state index is 0.0116. The van der Waals surface area contributed by atoms with Crippen molar-refractivity contribution in [2.24, 2.45) is 0 Å². The van der Waals surface area contributed by atoms with Crippen molar-refractivity contribution in [3.63, 3.8) is 0 Å². The van der Waals surface area contributed by atoms with Gasteiger partial charge in [-0.1, -0.05) is 6.07 Å². The molecule has 0 bridgehead atoms. The molecule has 1 aliphatic heterocycles. The van der Waals surface area contributed by atoms with Gasteiger partial charge >= 0.3 is 5.97 Å². The van der Waals surface area contributed by atoms with Gasteiger partial charge in [0.25, 0.3) is 0 Å². The van der Waals surface area contributed by atoms with Gasteiger partial charge in [0.2, 0.25) is 5.78 Å². The van der Waals surface area contributed by atoms with Gasteiger partial charge in [-0.15, -0.1) is 0 Å². The number of ketones is 1. The van der Waals surface area contributed by atoms with Crippen molar-refractivity contribution < 1.29 is 28.2 Å². The minimum atomic E-state index is -0.949. The molecule has 0 N–H and O–H groups in total. The van der Waals surface area contributed by atoms with E-state index in [2.05, 4.69) is 0 Å². The van der Waals surface area contributed by atoms with Crippen LogP contribution >= 0.6 is 0 Å². The molecule has 0 saturated carbocycles. The Morgan fingerprint density at radius 3 is 2.48 bits per heavy atom. The molecule has 5 nitrogen and oxygen atoms in total. The molecule has 0 saturated heterocycles. The smallest absolute Gasteiger partial charge is 0.310 e. The number of ether oxygens (including phenoxy) is 3. The molecule has 0 aromatic heterocycles. The van der Waals surface area contributed by atoms with E-state index in [0.717, 1.165) is 0 Å². The number of rotatable bonds is 5. The largest absolute Gasteiger partial charge is 0.486 e. The molecular weight excluding hydrogens is 327 g/mol. The summed E-state index contributed by atoms with van der Waals surface area (Å²) < 4.78 is 29.0. The molecular formula is C19H17FO5. The number of fused-ring (bicyclic) bond motifs is 1. The van der Waals surface area contributed by atoms with Crippen LogP contribution < -0.4 is 9.47 Å². The van der Waals surface area contributed by atoms with Crippen LogP contribution in [0.15, 0.2) is 42.5 Å². The van der Waals surface area contributed by atoms with Crippen LogP contribution in [0.3, 0.4) is 0 Å². The third-order valence-electron chi connectivity index (χ3n) is 3.76. The van der Waals surface area contributed by atoms with Crippen LogP contribution in [0, 0.1) is 5.82 Å². The number of carbonyl (C=O) groups is 2. The van der Waals surface area contributed by atoms with Crippen molar-refractivity contribution in [2.45, 2.75) is 19.4 Å². The fourth-order valence-electron chi connectivity index (χ4n) is 2.51. The second-order valence-corrected chi connectivity index (χ2v) is 5.66. The number of benzene rings is 2. The van der Waals surface area contributed by atoms with E-state index in [-0.39, 0.29) is 12.2 Å². The number of hydrogen-bond donors (Lipinski definition) is 0. The van der Waals surface area contributed by atoms with Crippen LogP contribution in [-0.4, -0.2) is 31.1 Å². The highest BCUT2D eigenvalue weighted by atomic mass is 19.1. The van der Waals surface area contributed by atoms with E-state index < -0.39 is 17.9 Å². The highest BCUT2D eigenvalue weighted by molar-refractivity contribution is 6.00. The Morgan fingerprint density at radius 1 is 1.08 bits per heavy atom. The highest BCUT2D eigenvalue weighted by Gasteiger charge is 2.20. The number of carbonyl (C=O) groups excluding carboxylic acids is 2. The fourth-order valence-corrected chi connectivity index (χ4v) is 2.51. The number of halogens is 1. The Morgan fingerprint density at radius 2 is 1.76 bits per heavy atom. The summed E-state index contributed by atoms with van der Waals surface area (Å²) >= 11 is 0. The maximum atomic E-state index is 12.9. The van der Waals surface area contributed by atoms with E-state index in [1.807, 2.05) is 0 Å². The average Bonchev–Trinajstić information content (AvgIpc) is 2.61. The SMILES string of the molecule is C[C@H](OC(=O)Cc1ccc2c(c1)OCCO2)C(=O)c1ccc(F)cc1. The van der Waals surface area contributed by atoms with Crippen LogP contribution in [0.2, 0.25) is 0 Å². The second-order valence-electron chi connectivity index (χ2n) is 5.66. The molecule has 0 unspecified atom stereocenters. The van der Waals surface area contributed by atoms with Crippen molar-refractivity contribution in [1.29, 1.82) is 0 Å². The Kier molecular flexibility index (Phi) is 4.97.